The molecule has 40 heavy (non-hydrogen) atoms. The number of hydrogen-bond donors (Lipinski definition) is 2. The van der Waals surface area contributed by atoms with Crippen LogP contribution in [0.2, 0.25) is 0 Å². The number of nitrogens with zero attached hydrogens (tertiary/aromatic N) is 3. The maximum absolute atomic E-state index is 4.45. The molecule has 5 nitrogen and oxygen atoms in total. The summed E-state index contributed by atoms with van der Waals surface area (Å²) in [6.45, 7) is 0. The number of rotatable bonds is 8. The minimum atomic E-state index is 0. The Morgan fingerprint density at radius 3 is 1.27 bits per heavy atom. The summed E-state index contributed by atoms with van der Waals surface area (Å²) in [5, 5.41) is 6.38. The van der Waals surface area contributed by atoms with Crippen LogP contribution in [-0.4, -0.2) is 15.0 Å². The van der Waals surface area contributed by atoms with Crippen molar-refractivity contribution in [3.8, 4) is 0 Å². The first-order valence-corrected chi connectivity index (χ1v) is 11.4. The van der Waals surface area contributed by atoms with E-state index in [1.165, 1.54) is 6.33 Å². The Morgan fingerprint density at radius 1 is 0.500 bits per heavy atom. The fourth-order valence-corrected chi connectivity index (χ4v) is 3.29. The molecule has 0 amide bonds. The van der Waals surface area contributed by atoms with Gasteiger partial charge in [-0.3, -0.25) is 0 Å². The molecule has 0 bridgehead atoms. The molecule has 4 aromatic carbocycles. The summed E-state index contributed by atoms with van der Waals surface area (Å²) in [6.07, 6.45) is 9.47. The minimum Gasteiger partial charge on any atom is -0.364 e. The predicted octanol–water partition coefficient (Wildman–Crippen LogP) is -5.08. The first kappa shape index (κ1) is 37.0. The number of anilines is 4. The Balaban J connectivity index is 0.00000200. The van der Waals surface area contributed by atoms with Crippen molar-refractivity contribution in [3.05, 3.63) is 138 Å². The van der Waals surface area contributed by atoms with E-state index in [1.807, 2.05) is 109 Å². The molecule has 0 saturated carbocycles. The molecule has 0 fully saturated rings. The second kappa shape index (κ2) is 20.0. The fraction of sp³-hybridized carbons (Fsp3) is 0. The van der Waals surface area contributed by atoms with Crippen LogP contribution in [0, 0.1) is 24.3 Å². The van der Waals surface area contributed by atoms with E-state index in [9.17, 15) is 0 Å². The van der Waals surface area contributed by atoms with Crippen molar-refractivity contribution in [2.45, 2.75) is 0 Å². The van der Waals surface area contributed by atoms with Gasteiger partial charge in [-0.2, -0.15) is 51.5 Å². The molecule has 0 aliphatic carbocycles. The first-order valence-electron chi connectivity index (χ1n) is 11.4. The van der Waals surface area contributed by atoms with Gasteiger partial charge in [0.1, 0.15) is 6.33 Å². The van der Waals surface area contributed by atoms with Crippen molar-refractivity contribution >= 4 is 47.6 Å². The van der Waals surface area contributed by atoms with E-state index < -0.39 is 0 Å². The number of hydrogen-bond acceptors (Lipinski definition) is 5. The molecule has 0 unspecified atom stereocenters. The van der Waals surface area contributed by atoms with Crippen LogP contribution in [-0.2, 0) is 0 Å². The Morgan fingerprint density at radius 2 is 0.925 bits per heavy atom. The zero-order valence-corrected chi connectivity index (χ0v) is 31.3. The topological polar surface area (TPSA) is 62.7 Å². The van der Waals surface area contributed by atoms with Crippen molar-refractivity contribution in [1.29, 1.82) is 0 Å². The second-order valence-electron chi connectivity index (χ2n) is 7.75. The smallest absolute Gasteiger partial charge is 0.364 e. The van der Waals surface area contributed by atoms with Crippen molar-refractivity contribution < 1.29 is 118 Å². The number of aromatic nitrogens is 3. The van der Waals surface area contributed by atoms with Crippen LogP contribution in [0.4, 0.5) is 23.3 Å². The predicted molar refractivity (Wildman–Crippen MR) is 145 cm³/mol. The van der Waals surface area contributed by atoms with E-state index in [2.05, 4.69) is 49.9 Å². The Bertz CT molecular complexity index is 1350. The van der Waals surface area contributed by atoms with Gasteiger partial charge in [0.25, 0.3) is 0 Å². The normalized spacial score (nSPS) is 10.0. The zero-order valence-electron chi connectivity index (χ0n) is 23.3. The molecule has 0 aliphatic heterocycles. The molecule has 0 atom stereocenters. The summed E-state index contributed by atoms with van der Waals surface area (Å²) in [4.78, 5) is 12.9. The van der Waals surface area contributed by atoms with Crippen LogP contribution in [0.3, 0.4) is 0 Å². The molecule has 1 aromatic heterocycles. The Labute approximate surface area is 324 Å². The van der Waals surface area contributed by atoms with Gasteiger partial charge in [-0.25, -0.2) is 9.97 Å². The van der Waals surface area contributed by atoms with E-state index in [1.54, 1.807) is 0 Å². The summed E-state index contributed by atoms with van der Waals surface area (Å²) in [5.41, 5.74) is 5.63. The van der Waals surface area contributed by atoms with Gasteiger partial charge in [0.15, 0.2) is 0 Å². The van der Waals surface area contributed by atoms with Gasteiger partial charge in [0, 0.05) is 0 Å². The third-order valence-electron chi connectivity index (χ3n) is 5.11. The summed E-state index contributed by atoms with van der Waals surface area (Å²) in [6, 6.07) is 40.1. The molecular formula is C31H21N5Na4. The van der Waals surface area contributed by atoms with Crippen molar-refractivity contribution in [1.82, 2.24) is 15.0 Å². The fourth-order valence-electron chi connectivity index (χ4n) is 3.29. The summed E-state index contributed by atoms with van der Waals surface area (Å²) < 4.78 is 0. The third-order valence-corrected chi connectivity index (χ3v) is 5.11. The molecule has 9 heteroatoms. The molecule has 0 saturated heterocycles. The molecular weight excluding hydrogens is 534 g/mol. The van der Waals surface area contributed by atoms with Gasteiger partial charge < -0.3 is 10.6 Å². The van der Waals surface area contributed by atoms with Crippen LogP contribution in [0.1, 0.15) is 22.3 Å². The summed E-state index contributed by atoms with van der Waals surface area (Å²) >= 11 is 0. The maximum atomic E-state index is 4.45. The first-order chi connectivity index (χ1) is 17.8. The third kappa shape index (κ3) is 12.1. The van der Waals surface area contributed by atoms with Crippen LogP contribution in [0.5, 0.6) is 0 Å². The molecule has 0 aliphatic rings. The summed E-state index contributed by atoms with van der Waals surface area (Å²) in [5.74, 6) is 0.872. The van der Waals surface area contributed by atoms with Crippen LogP contribution in [0.25, 0.3) is 24.3 Å². The van der Waals surface area contributed by atoms with Crippen molar-refractivity contribution in [3.63, 3.8) is 0 Å². The second-order valence-corrected chi connectivity index (χ2v) is 7.75. The Hall–Kier alpha value is -1.03. The van der Waals surface area contributed by atoms with Gasteiger partial charge in [0.2, 0.25) is 11.9 Å². The largest absolute Gasteiger partial charge is 1.00 e. The van der Waals surface area contributed by atoms with Gasteiger partial charge in [-0.1, -0.05) is 0 Å². The van der Waals surface area contributed by atoms with E-state index in [-0.39, 0.29) is 118 Å². The van der Waals surface area contributed by atoms with E-state index >= 15 is 0 Å². The molecule has 5 aromatic rings. The number of benzene rings is 4. The number of nitrogens with one attached hydrogen (secondary N) is 2. The molecule has 2 N–H and O–H groups in total. The molecule has 174 valence electrons. The molecule has 0 radical (unpaired) electrons. The van der Waals surface area contributed by atoms with Crippen molar-refractivity contribution in [2.75, 3.05) is 10.6 Å². The van der Waals surface area contributed by atoms with Gasteiger partial charge in [-0.05, 0) is 11.4 Å². The standard InChI is InChI=1S/C31H21N5.4Na/c1-3-7-24(8-4-1)11-13-26-15-19-28(20-16-26)34-30-32-23-33-31(36-30)35-29-21-17-27(18-22-29)14-12-25-9-5-2-6-10-25;;;;/h1-7,9,11-15,17,19-23H,(H2,32,33,34,35,36);;;;/q-4;4*+1. The minimum absolute atomic E-state index is 0. The van der Waals surface area contributed by atoms with Gasteiger partial charge in [0.05, 0.1) is 0 Å². The average Bonchev–Trinajstić information content (AvgIpc) is 2.94. The van der Waals surface area contributed by atoms with E-state index in [0.717, 1.165) is 33.6 Å². The summed E-state index contributed by atoms with van der Waals surface area (Å²) in [7, 11) is 0. The van der Waals surface area contributed by atoms with Crippen molar-refractivity contribution in [2.24, 2.45) is 0 Å². The SMILES string of the molecule is [Na+].[Na+].[Na+].[Na+].[c-]1ccccc1C=Cc1[c-]cc(Nc2ncnc(Nc3c[c-]c(C=Cc4[c-]cccc4)cc3)n2)cc1. The van der Waals surface area contributed by atoms with Crippen LogP contribution < -0.4 is 129 Å². The Kier molecular flexibility index (Phi) is 18.5. The van der Waals surface area contributed by atoms with E-state index in [0.29, 0.717) is 11.9 Å². The monoisotopic (exact) mass is 555 g/mol. The van der Waals surface area contributed by atoms with Gasteiger partial charge >= 0.3 is 118 Å². The van der Waals surface area contributed by atoms with E-state index in [4.69, 9.17) is 0 Å². The zero-order chi connectivity index (χ0) is 24.4. The van der Waals surface area contributed by atoms with Gasteiger partial charge in [-0.15, -0.1) is 109 Å². The van der Waals surface area contributed by atoms with Crippen LogP contribution >= 0.6 is 0 Å². The molecule has 1 heterocycles. The van der Waals surface area contributed by atoms with Crippen LogP contribution in [0.15, 0.2) is 91.3 Å². The quantitative estimate of drug-likeness (QED) is 0.114. The molecule has 5 rings (SSSR count). The molecule has 0 spiro atoms. The maximum Gasteiger partial charge on any atom is 1.00 e. The average molecular weight is 556 g/mol.